The Morgan fingerprint density at radius 2 is 1.66 bits per heavy atom. The first kappa shape index (κ1) is 36.2. The van der Waals surface area contributed by atoms with Gasteiger partial charge in [0, 0.05) is 48.1 Å². The number of carboxylic acid groups (broad SMARTS) is 1. The Labute approximate surface area is 292 Å². The van der Waals surface area contributed by atoms with Gasteiger partial charge < -0.3 is 24.8 Å². The van der Waals surface area contributed by atoms with Gasteiger partial charge in [-0.3, -0.25) is 10.3 Å². The second kappa shape index (κ2) is 14.8. The second-order valence-electron chi connectivity index (χ2n) is 14.9. The van der Waals surface area contributed by atoms with Crippen molar-refractivity contribution in [2.45, 2.75) is 79.2 Å². The number of pyridine rings is 1. The summed E-state index contributed by atoms with van der Waals surface area (Å²) in [6.45, 7) is 15.2. The highest BCUT2D eigenvalue weighted by Crippen LogP contribution is 2.36. The number of aromatic nitrogens is 3. The molecule has 0 aliphatic carbocycles. The van der Waals surface area contributed by atoms with Crippen molar-refractivity contribution < 1.29 is 28.6 Å². The number of hydrogen-bond donors (Lipinski definition) is 3. The van der Waals surface area contributed by atoms with Gasteiger partial charge >= 0.3 is 12.1 Å². The molecule has 5 rings (SSSR count). The van der Waals surface area contributed by atoms with E-state index in [9.17, 15) is 19.1 Å². The summed E-state index contributed by atoms with van der Waals surface area (Å²) in [5.74, 6) is 1.65. The Hall–Kier alpha value is -5.13. The molecule has 1 aliphatic rings. The number of amides is 3. The Morgan fingerprint density at radius 1 is 0.960 bits per heavy atom. The van der Waals surface area contributed by atoms with Crippen LogP contribution >= 0.6 is 0 Å². The minimum atomic E-state index is -0.854. The lowest BCUT2D eigenvalue weighted by atomic mass is 9.76. The molecule has 2 unspecified atom stereocenters. The molecule has 0 saturated carbocycles. The second-order valence-corrected chi connectivity index (χ2v) is 14.9. The number of rotatable bonds is 9. The van der Waals surface area contributed by atoms with E-state index in [4.69, 9.17) is 14.6 Å². The van der Waals surface area contributed by atoms with Gasteiger partial charge in [0.2, 0.25) is 0 Å². The van der Waals surface area contributed by atoms with Gasteiger partial charge in [-0.1, -0.05) is 41.5 Å². The van der Waals surface area contributed by atoms with Gasteiger partial charge in [-0.05, 0) is 80.0 Å². The number of likely N-dealkylation sites (tertiary alicyclic amines) is 1. The Bertz CT molecular complexity index is 1810. The van der Waals surface area contributed by atoms with Gasteiger partial charge in [-0.25, -0.2) is 18.7 Å². The normalized spacial score (nSPS) is 16.5. The minimum absolute atomic E-state index is 0.00858. The fourth-order valence-electron chi connectivity index (χ4n) is 6.06. The third-order valence-corrected chi connectivity index (χ3v) is 8.84. The molecular weight excluding hydrogens is 639 g/mol. The highest BCUT2D eigenvalue weighted by Gasteiger charge is 2.38. The first-order chi connectivity index (χ1) is 23.6. The van der Waals surface area contributed by atoms with Crippen LogP contribution in [0.25, 0.3) is 5.69 Å². The highest BCUT2D eigenvalue weighted by molar-refractivity contribution is 5.99. The van der Waals surface area contributed by atoms with Crippen LogP contribution in [0.3, 0.4) is 0 Å². The molecule has 12 heteroatoms. The maximum Gasteiger partial charge on any atom is 0.407 e. The van der Waals surface area contributed by atoms with Crippen LogP contribution in [-0.4, -0.2) is 56.1 Å². The fraction of sp³-hybridized carbons (Fsp3) is 0.421. The minimum Gasteiger partial charge on any atom is -0.494 e. The number of benzene rings is 2. The number of nitrogens with zero attached hydrogens (tertiary/aromatic N) is 4. The molecule has 1 fully saturated rings. The van der Waals surface area contributed by atoms with Gasteiger partial charge in [0.1, 0.15) is 28.9 Å². The van der Waals surface area contributed by atoms with E-state index in [-0.39, 0.29) is 28.3 Å². The molecule has 50 heavy (non-hydrogen) atoms. The van der Waals surface area contributed by atoms with Crippen LogP contribution in [-0.2, 0) is 5.41 Å². The van der Waals surface area contributed by atoms with E-state index in [2.05, 4.69) is 36.4 Å². The van der Waals surface area contributed by atoms with Crippen LogP contribution in [0.1, 0.15) is 72.2 Å². The van der Waals surface area contributed by atoms with Gasteiger partial charge in [0.25, 0.3) is 0 Å². The molecule has 0 bridgehead atoms. The molecule has 3 N–H and O–H groups in total. The number of ether oxygens (including phenoxy) is 2. The zero-order valence-corrected chi connectivity index (χ0v) is 29.8. The topological polar surface area (TPSA) is 131 Å². The van der Waals surface area contributed by atoms with E-state index in [0.29, 0.717) is 42.1 Å². The number of aryl methyl sites for hydroxylation is 1. The summed E-state index contributed by atoms with van der Waals surface area (Å²) in [6, 6.07) is 16.2. The Kier molecular flexibility index (Phi) is 10.7. The van der Waals surface area contributed by atoms with E-state index in [1.807, 2.05) is 52.0 Å². The number of nitrogens with one attached hydrogen (secondary N) is 2. The number of piperidine rings is 1. The lowest BCUT2D eigenvalue weighted by Gasteiger charge is -2.44. The maximum atomic E-state index is 15.0. The van der Waals surface area contributed by atoms with Crippen molar-refractivity contribution in [2.24, 2.45) is 11.3 Å². The van der Waals surface area contributed by atoms with Crippen molar-refractivity contribution in [2.75, 3.05) is 23.8 Å². The maximum absolute atomic E-state index is 15.0. The third kappa shape index (κ3) is 9.10. The summed E-state index contributed by atoms with van der Waals surface area (Å²) in [7, 11) is 0. The number of carbonyl (C=O) groups excluding carboxylic acids is 1. The van der Waals surface area contributed by atoms with E-state index in [1.54, 1.807) is 40.0 Å². The van der Waals surface area contributed by atoms with Gasteiger partial charge in [0.15, 0.2) is 0 Å². The molecule has 2 atom stereocenters. The average molecular weight is 687 g/mol. The lowest BCUT2D eigenvalue weighted by Crippen LogP contribution is -2.51. The van der Waals surface area contributed by atoms with E-state index >= 15 is 0 Å². The number of anilines is 2. The highest BCUT2D eigenvalue weighted by atomic mass is 19.1. The first-order valence-corrected chi connectivity index (χ1v) is 16.9. The fourth-order valence-corrected chi connectivity index (χ4v) is 6.06. The summed E-state index contributed by atoms with van der Waals surface area (Å²) in [5.41, 5.74) is 1.79. The monoisotopic (exact) mass is 686 g/mol. The zero-order chi connectivity index (χ0) is 36.2. The average Bonchev–Trinajstić information content (AvgIpc) is 3.46. The van der Waals surface area contributed by atoms with E-state index in [0.717, 1.165) is 30.7 Å². The molecule has 4 aromatic rings. The predicted octanol–water partition coefficient (Wildman–Crippen LogP) is 9.02. The standard InChI is InChI=1S/C38H47FN6O5/c1-24-20-29(14-17-40-24)50-28-12-13-31(30(39)22-28)41-35(46)42-34-23-32(37(2,3)4)43-45(34)26-8-10-27(11-9-26)49-19-16-25-15-18-44(36(47)48)33(21-25)38(5,6)7/h8-14,17,20,22-23,25,33H,15-16,18-19,21H2,1-7H3,(H,47,48)(H2,41,42,46). The Balaban J connectivity index is 1.22. The van der Waals surface area contributed by atoms with Crippen molar-refractivity contribution in [3.8, 4) is 22.9 Å². The SMILES string of the molecule is Cc1cc(Oc2ccc(NC(=O)Nc3cc(C(C)(C)C)nn3-c3ccc(OCCC4CCN(C(=O)O)C(C(C)(C)C)C4)cc3)c(F)c2)ccn1. The third-order valence-electron chi connectivity index (χ3n) is 8.84. The molecule has 2 aromatic carbocycles. The summed E-state index contributed by atoms with van der Waals surface area (Å²) < 4.78 is 28.4. The van der Waals surface area contributed by atoms with Crippen LogP contribution in [0.15, 0.2) is 66.9 Å². The number of urea groups is 1. The molecule has 0 radical (unpaired) electrons. The summed E-state index contributed by atoms with van der Waals surface area (Å²) in [6.07, 6.45) is 3.22. The summed E-state index contributed by atoms with van der Waals surface area (Å²) in [5, 5.41) is 19.8. The van der Waals surface area contributed by atoms with Crippen LogP contribution < -0.4 is 20.1 Å². The molecule has 3 amide bonds. The van der Waals surface area contributed by atoms with Crippen LogP contribution in [0.4, 0.5) is 25.5 Å². The zero-order valence-electron chi connectivity index (χ0n) is 29.8. The van der Waals surface area contributed by atoms with Crippen LogP contribution in [0, 0.1) is 24.1 Å². The van der Waals surface area contributed by atoms with Gasteiger partial charge in [-0.2, -0.15) is 5.10 Å². The van der Waals surface area contributed by atoms with Crippen LogP contribution in [0.5, 0.6) is 17.2 Å². The van der Waals surface area contributed by atoms with Crippen molar-refractivity contribution in [1.29, 1.82) is 0 Å². The molecule has 1 saturated heterocycles. The molecular formula is C38H47FN6O5. The number of hydrogen-bond acceptors (Lipinski definition) is 6. The largest absolute Gasteiger partial charge is 0.494 e. The van der Waals surface area contributed by atoms with Crippen molar-refractivity contribution in [3.05, 3.63) is 84.1 Å². The molecule has 3 heterocycles. The first-order valence-electron chi connectivity index (χ1n) is 16.9. The molecule has 266 valence electrons. The van der Waals surface area contributed by atoms with Crippen molar-refractivity contribution >= 4 is 23.6 Å². The van der Waals surface area contributed by atoms with E-state index < -0.39 is 17.9 Å². The van der Waals surface area contributed by atoms with Gasteiger partial charge in [0.05, 0.1) is 23.7 Å². The Morgan fingerprint density at radius 3 is 2.30 bits per heavy atom. The molecule has 2 aromatic heterocycles. The number of carbonyl (C=O) groups is 2. The molecule has 11 nitrogen and oxygen atoms in total. The lowest BCUT2D eigenvalue weighted by molar-refractivity contribution is 0.0364. The summed E-state index contributed by atoms with van der Waals surface area (Å²) >= 11 is 0. The molecule has 0 spiro atoms. The summed E-state index contributed by atoms with van der Waals surface area (Å²) in [4.78, 5) is 30.6. The van der Waals surface area contributed by atoms with Crippen molar-refractivity contribution in [1.82, 2.24) is 19.7 Å². The molecule has 1 aliphatic heterocycles. The van der Waals surface area contributed by atoms with Gasteiger partial charge in [-0.15, -0.1) is 0 Å². The predicted molar refractivity (Wildman–Crippen MR) is 191 cm³/mol. The quantitative estimate of drug-likeness (QED) is 0.160. The van der Waals surface area contributed by atoms with E-state index in [1.165, 1.54) is 12.1 Å². The van der Waals surface area contributed by atoms with Crippen molar-refractivity contribution in [3.63, 3.8) is 0 Å². The van der Waals surface area contributed by atoms with Crippen LogP contribution in [0.2, 0.25) is 0 Å². The number of halogens is 1. The smallest absolute Gasteiger partial charge is 0.407 e.